The highest BCUT2D eigenvalue weighted by molar-refractivity contribution is 6.27. The molecule has 0 saturated heterocycles. The van der Waals surface area contributed by atoms with Gasteiger partial charge in [0.15, 0.2) is 0 Å². The summed E-state index contributed by atoms with van der Waals surface area (Å²) >= 11 is 0. The van der Waals surface area contributed by atoms with Crippen molar-refractivity contribution in [2.24, 2.45) is 5.73 Å². The number of carbonyl (C=O) groups excluding carboxylic acids is 1. The minimum atomic E-state index is -0.654. The quantitative estimate of drug-likeness (QED) is 0.637. The maximum atomic E-state index is 14.5. The Balaban J connectivity index is 2.37. The number of nitrogens with two attached hydrogens (primary N) is 1. The molecule has 2 N–H and O–H groups in total. The zero-order valence-electron chi connectivity index (χ0n) is 17.8. The van der Waals surface area contributed by atoms with E-state index in [9.17, 15) is 9.18 Å². The summed E-state index contributed by atoms with van der Waals surface area (Å²) in [6.07, 6.45) is 3.40. The third-order valence-corrected chi connectivity index (χ3v) is 5.11. The fourth-order valence-corrected chi connectivity index (χ4v) is 3.51. The van der Waals surface area contributed by atoms with E-state index in [1.165, 1.54) is 6.07 Å². The van der Waals surface area contributed by atoms with Crippen LogP contribution in [0.25, 0.3) is 11.1 Å². The number of nitrogens with zero attached hydrogens (tertiary/aromatic N) is 3. The molecule has 0 bridgehead atoms. The van der Waals surface area contributed by atoms with Crippen LogP contribution in [-0.4, -0.2) is 20.9 Å². The Morgan fingerprint density at radius 2 is 1.77 bits per heavy atom. The zero-order chi connectivity index (χ0) is 22.0. The van der Waals surface area contributed by atoms with E-state index in [1.807, 2.05) is 39.8 Å². The predicted molar refractivity (Wildman–Crippen MR) is 116 cm³/mol. The number of benzene rings is 1. The van der Waals surface area contributed by atoms with Crippen molar-refractivity contribution >= 4 is 17.1 Å². The van der Waals surface area contributed by atoms with Crippen molar-refractivity contribution in [2.75, 3.05) is 0 Å². The van der Waals surface area contributed by atoms with E-state index in [-0.39, 0.29) is 5.57 Å². The number of primary amides is 1. The van der Waals surface area contributed by atoms with Gasteiger partial charge in [0.05, 0.1) is 11.3 Å². The lowest BCUT2D eigenvalue weighted by Gasteiger charge is -2.21. The monoisotopic (exact) mass is 404 g/mol. The highest BCUT2D eigenvalue weighted by atomic mass is 19.1. The SMILES string of the molecule is Cc1ccc(C(=C(C(N)=O)c2cc(F)c(C)cc2C)C(C)c2nccc(C)n2)nc1. The minimum Gasteiger partial charge on any atom is -0.366 e. The number of aromatic nitrogens is 3. The molecule has 0 saturated carbocycles. The third kappa shape index (κ3) is 4.27. The maximum absolute atomic E-state index is 14.5. The largest absolute Gasteiger partial charge is 0.366 e. The first-order valence-electron chi connectivity index (χ1n) is 9.72. The maximum Gasteiger partial charge on any atom is 0.249 e. The highest BCUT2D eigenvalue weighted by Gasteiger charge is 2.26. The van der Waals surface area contributed by atoms with Crippen molar-refractivity contribution in [1.29, 1.82) is 0 Å². The van der Waals surface area contributed by atoms with Gasteiger partial charge >= 0.3 is 0 Å². The first-order chi connectivity index (χ1) is 14.2. The van der Waals surface area contributed by atoms with Gasteiger partial charge in [-0.3, -0.25) is 9.78 Å². The normalized spacial score (nSPS) is 13.0. The Bertz CT molecular complexity index is 1140. The van der Waals surface area contributed by atoms with Crippen LogP contribution in [0.3, 0.4) is 0 Å². The molecular weight excluding hydrogens is 379 g/mol. The topological polar surface area (TPSA) is 81.8 Å². The van der Waals surface area contributed by atoms with E-state index in [0.717, 1.165) is 16.8 Å². The number of rotatable bonds is 5. The fourth-order valence-electron chi connectivity index (χ4n) is 3.51. The molecule has 1 aromatic carbocycles. The van der Waals surface area contributed by atoms with Crippen molar-refractivity contribution in [1.82, 2.24) is 15.0 Å². The molecule has 5 nitrogen and oxygen atoms in total. The van der Waals surface area contributed by atoms with Crippen LogP contribution in [0.1, 0.15) is 52.3 Å². The summed E-state index contributed by atoms with van der Waals surface area (Å²) in [7, 11) is 0. The second-order valence-electron chi connectivity index (χ2n) is 7.57. The summed E-state index contributed by atoms with van der Waals surface area (Å²) in [4.78, 5) is 26.2. The van der Waals surface area contributed by atoms with Crippen LogP contribution in [0.4, 0.5) is 4.39 Å². The molecule has 1 amide bonds. The number of hydrogen-bond donors (Lipinski definition) is 1. The zero-order valence-corrected chi connectivity index (χ0v) is 17.8. The number of allylic oxidation sites excluding steroid dienone is 1. The van der Waals surface area contributed by atoms with Gasteiger partial charge in [0, 0.05) is 29.6 Å². The van der Waals surface area contributed by atoms with Gasteiger partial charge in [-0.1, -0.05) is 19.1 Å². The van der Waals surface area contributed by atoms with Crippen LogP contribution in [0.2, 0.25) is 0 Å². The smallest absolute Gasteiger partial charge is 0.249 e. The molecule has 0 fully saturated rings. The number of aryl methyl sites for hydroxylation is 4. The molecule has 0 aliphatic heterocycles. The summed E-state index contributed by atoms with van der Waals surface area (Å²) in [5.41, 5.74) is 10.7. The van der Waals surface area contributed by atoms with Gasteiger partial charge < -0.3 is 5.73 Å². The average Bonchev–Trinajstić information content (AvgIpc) is 2.69. The van der Waals surface area contributed by atoms with Crippen molar-refractivity contribution in [3.63, 3.8) is 0 Å². The minimum absolute atomic E-state index is 0.223. The summed E-state index contributed by atoms with van der Waals surface area (Å²) in [5, 5.41) is 0. The van der Waals surface area contributed by atoms with E-state index in [1.54, 1.807) is 31.5 Å². The van der Waals surface area contributed by atoms with E-state index in [2.05, 4.69) is 15.0 Å². The van der Waals surface area contributed by atoms with E-state index in [4.69, 9.17) is 5.73 Å². The Morgan fingerprint density at radius 1 is 1.03 bits per heavy atom. The van der Waals surface area contributed by atoms with Crippen molar-refractivity contribution in [3.05, 3.63) is 88.0 Å². The first kappa shape index (κ1) is 21.3. The lowest BCUT2D eigenvalue weighted by molar-refractivity contribution is -0.112. The molecule has 3 rings (SSSR count). The highest BCUT2D eigenvalue weighted by Crippen LogP contribution is 2.37. The number of amides is 1. The molecule has 0 radical (unpaired) electrons. The molecule has 0 aliphatic rings. The van der Waals surface area contributed by atoms with Crippen LogP contribution in [-0.2, 0) is 4.79 Å². The molecule has 1 atom stereocenters. The molecular formula is C24H25FN4O. The lowest BCUT2D eigenvalue weighted by Crippen LogP contribution is -2.19. The molecule has 2 heterocycles. The lowest BCUT2D eigenvalue weighted by atomic mass is 9.86. The van der Waals surface area contributed by atoms with Gasteiger partial charge in [-0.25, -0.2) is 14.4 Å². The van der Waals surface area contributed by atoms with Gasteiger partial charge in [-0.05, 0) is 68.1 Å². The predicted octanol–water partition coefficient (Wildman–Crippen LogP) is 4.44. The first-order valence-corrected chi connectivity index (χ1v) is 9.72. The molecule has 30 heavy (non-hydrogen) atoms. The standard InChI is InChI=1S/C24H25FN4O/c1-13-6-7-20(28-12-13)21(17(5)24-27-9-8-16(4)29-24)22(23(26)30)18-11-19(25)15(3)10-14(18)2/h6-12,17H,1-5H3,(H2,26,30). The van der Waals surface area contributed by atoms with E-state index < -0.39 is 17.6 Å². The van der Waals surface area contributed by atoms with Gasteiger partial charge in [-0.2, -0.15) is 0 Å². The fraction of sp³-hybridized carbons (Fsp3) is 0.250. The van der Waals surface area contributed by atoms with Gasteiger partial charge in [0.1, 0.15) is 11.6 Å². The van der Waals surface area contributed by atoms with Crippen molar-refractivity contribution in [3.8, 4) is 0 Å². The van der Waals surface area contributed by atoms with Crippen molar-refractivity contribution in [2.45, 2.75) is 40.5 Å². The van der Waals surface area contributed by atoms with Crippen LogP contribution < -0.4 is 5.73 Å². The molecule has 6 heteroatoms. The molecule has 3 aromatic rings. The Kier molecular flexibility index (Phi) is 6.06. The van der Waals surface area contributed by atoms with E-state index in [0.29, 0.717) is 28.2 Å². The second kappa shape index (κ2) is 8.53. The number of pyridine rings is 1. The van der Waals surface area contributed by atoms with E-state index >= 15 is 0 Å². The van der Waals surface area contributed by atoms with Crippen LogP contribution in [0.15, 0.2) is 42.7 Å². The molecule has 154 valence electrons. The summed E-state index contributed by atoms with van der Waals surface area (Å²) in [5.74, 6) is -0.911. The molecule has 2 aromatic heterocycles. The Labute approximate surface area is 175 Å². The number of halogens is 1. The molecule has 0 aliphatic carbocycles. The van der Waals surface area contributed by atoms with Gasteiger partial charge in [0.25, 0.3) is 0 Å². The van der Waals surface area contributed by atoms with Gasteiger partial charge in [0.2, 0.25) is 5.91 Å². The molecule has 0 spiro atoms. The Hall–Kier alpha value is -3.41. The van der Waals surface area contributed by atoms with Gasteiger partial charge in [-0.15, -0.1) is 0 Å². The number of carbonyl (C=O) groups is 1. The van der Waals surface area contributed by atoms with Crippen molar-refractivity contribution < 1.29 is 9.18 Å². The average molecular weight is 404 g/mol. The third-order valence-electron chi connectivity index (χ3n) is 5.11. The second-order valence-corrected chi connectivity index (χ2v) is 7.57. The van der Waals surface area contributed by atoms with Crippen LogP contribution in [0.5, 0.6) is 0 Å². The summed E-state index contributed by atoms with van der Waals surface area (Å²) in [6, 6.07) is 8.62. The number of hydrogen-bond acceptors (Lipinski definition) is 4. The summed E-state index contributed by atoms with van der Waals surface area (Å²) < 4.78 is 14.5. The molecule has 1 unspecified atom stereocenters. The van der Waals surface area contributed by atoms with Crippen LogP contribution in [0, 0.1) is 33.5 Å². The Morgan fingerprint density at radius 3 is 2.37 bits per heavy atom. The van der Waals surface area contributed by atoms with Crippen LogP contribution >= 0.6 is 0 Å². The summed E-state index contributed by atoms with van der Waals surface area (Å²) in [6.45, 7) is 9.22.